The van der Waals surface area contributed by atoms with Crippen molar-refractivity contribution in [3.8, 4) is 0 Å². The summed E-state index contributed by atoms with van der Waals surface area (Å²) in [5, 5.41) is 13.2. The molecular formula is C14H17Cl2NO2. The van der Waals surface area contributed by atoms with Crippen molar-refractivity contribution >= 4 is 35.2 Å². The van der Waals surface area contributed by atoms with Crippen LogP contribution in [0.1, 0.15) is 26.3 Å². The van der Waals surface area contributed by atoms with E-state index in [2.05, 4.69) is 5.32 Å². The summed E-state index contributed by atoms with van der Waals surface area (Å²) in [6.45, 7) is 5.10. The van der Waals surface area contributed by atoms with E-state index in [1.807, 2.05) is 0 Å². The summed E-state index contributed by atoms with van der Waals surface area (Å²) in [6, 6.07) is 5.13. The zero-order valence-electron chi connectivity index (χ0n) is 11.1. The molecule has 3 nitrogen and oxygen atoms in total. The number of hydrogen-bond acceptors (Lipinski definition) is 2. The molecule has 0 aliphatic rings. The van der Waals surface area contributed by atoms with Gasteiger partial charge in [-0.2, -0.15) is 0 Å². The number of aliphatic hydroxyl groups is 1. The second-order valence-corrected chi connectivity index (χ2v) is 5.67. The number of nitrogens with one attached hydrogen (secondary N) is 1. The van der Waals surface area contributed by atoms with Gasteiger partial charge in [0.2, 0.25) is 5.91 Å². The van der Waals surface area contributed by atoms with Gasteiger partial charge >= 0.3 is 0 Å². The fourth-order valence-electron chi connectivity index (χ4n) is 1.29. The number of carbonyl (C=O) groups is 1. The van der Waals surface area contributed by atoms with Crippen molar-refractivity contribution in [2.75, 3.05) is 0 Å². The highest BCUT2D eigenvalue weighted by molar-refractivity contribution is 6.37. The average molecular weight is 302 g/mol. The molecule has 1 rings (SSSR count). The highest BCUT2D eigenvalue weighted by Crippen LogP contribution is 2.25. The third-order valence-electron chi connectivity index (χ3n) is 2.89. The van der Waals surface area contributed by atoms with Crippen LogP contribution >= 0.6 is 23.2 Å². The fraction of sp³-hybridized carbons (Fsp3) is 0.357. The summed E-state index contributed by atoms with van der Waals surface area (Å²) in [5.74, 6) is -0.318. The van der Waals surface area contributed by atoms with Gasteiger partial charge in [-0.1, -0.05) is 29.3 Å². The highest BCUT2D eigenvalue weighted by Gasteiger charge is 2.24. The summed E-state index contributed by atoms with van der Waals surface area (Å²) < 4.78 is 0. The minimum atomic E-state index is -0.703. The van der Waals surface area contributed by atoms with Gasteiger partial charge in [0.15, 0.2) is 0 Å². The minimum absolute atomic E-state index is 0.318. The van der Waals surface area contributed by atoms with E-state index in [4.69, 9.17) is 23.2 Å². The average Bonchev–Trinajstić information content (AvgIpc) is 2.27. The van der Waals surface area contributed by atoms with E-state index in [1.54, 1.807) is 45.0 Å². The predicted octanol–water partition coefficient (Wildman–Crippen LogP) is 3.28. The van der Waals surface area contributed by atoms with Crippen LogP contribution in [0.25, 0.3) is 6.08 Å². The van der Waals surface area contributed by atoms with Crippen LogP contribution in [-0.4, -0.2) is 22.7 Å². The molecule has 1 atom stereocenters. The maximum Gasteiger partial charge on any atom is 0.244 e. The summed E-state index contributed by atoms with van der Waals surface area (Å²) >= 11 is 12.0. The maximum atomic E-state index is 11.8. The van der Waals surface area contributed by atoms with Gasteiger partial charge in [0, 0.05) is 21.7 Å². The number of aliphatic hydroxyl groups excluding tert-OH is 1. The molecule has 1 amide bonds. The van der Waals surface area contributed by atoms with E-state index >= 15 is 0 Å². The summed E-state index contributed by atoms with van der Waals surface area (Å²) in [7, 11) is 0. The molecule has 5 heteroatoms. The van der Waals surface area contributed by atoms with Gasteiger partial charge in [-0.3, -0.25) is 4.79 Å². The molecule has 0 saturated carbocycles. The van der Waals surface area contributed by atoms with Crippen LogP contribution in [0.2, 0.25) is 10.0 Å². The Labute approximate surface area is 123 Å². The first-order valence-corrected chi connectivity index (χ1v) is 6.62. The molecule has 0 fully saturated rings. The van der Waals surface area contributed by atoms with Crippen LogP contribution in [-0.2, 0) is 4.79 Å². The Morgan fingerprint density at radius 3 is 2.37 bits per heavy atom. The first kappa shape index (κ1) is 16.0. The zero-order valence-corrected chi connectivity index (χ0v) is 12.6. The molecule has 1 aromatic carbocycles. The van der Waals surface area contributed by atoms with Gasteiger partial charge in [-0.25, -0.2) is 0 Å². The van der Waals surface area contributed by atoms with Gasteiger partial charge in [0.05, 0.1) is 11.6 Å². The first-order chi connectivity index (χ1) is 8.74. The maximum absolute atomic E-state index is 11.8. The lowest BCUT2D eigenvalue weighted by Crippen LogP contribution is -2.50. The Morgan fingerprint density at radius 2 is 1.89 bits per heavy atom. The largest absolute Gasteiger partial charge is 0.391 e. The Morgan fingerprint density at radius 1 is 1.37 bits per heavy atom. The SMILES string of the molecule is CC(O)C(C)(C)NC(=O)/C=C/c1c(Cl)cccc1Cl. The first-order valence-electron chi connectivity index (χ1n) is 5.86. The molecule has 104 valence electrons. The highest BCUT2D eigenvalue weighted by atomic mass is 35.5. The van der Waals surface area contributed by atoms with Crippen LogP contribution in [0.5, 0.6) is 0 Å². The quantitative estimate of drug-likeness (QED) is 0.839. The van der Waals surface area contributed by atoms with Crippen molar-refractivity contribution in [1.82, 2.24) is 5.32 Å². The van der Waals surface area contributed by atoms with Crippen molar-refractivity contribution in [2.45, 2.75) is 32.4 Å². The lowest BCUT2D eigenvalue weighted by Gasteiger charge is -2.28. The van der Waals surface area contributed by atoms with Crippen molar-refractivity contribution in [3.63, 3.8) is 0 Å². The molecule has 0 aliphatic carbocycles. The van der Waals surface area contributed by atoms with Crippen LogP contribution in [0.3, 0.4) is 0 Å². The van der Waals surface area contributed by atoms with Gasteiger partial charge in [-0.05, 0) is 39.0 Å². The monoisotopic (exact) mass is 301 g/mol. The van der Waals surface area contributed by atoms with E-state index in [-0.39, 0.29) is 5.91 Å². The summed E-state index contributed by atoms with van der Waals surface area (Å²) in [6.07, 6.45) is 2.24. The lowest BCUT2D eigenvalue weighted by atomic mass is 9.99. The molecule has 19 heavy (non-hydrogen) atoms. The fourth-order valence-corrected chi connectivity index (χ4v) is 1.82. The van der Waals surface area contributed by atoms with Crippen molar-refractivity contribution in [1.29, 1.82) is 0 Å². The summed E-state index contributed by atoms with van der Waals surface area (Å²) in [5.41, 5.74) is -0.109. The lowest BCUT2D eigenvalue weighted by molar-refractivity contribution is -0.119. The second-order valence-electron chi connectivity index (χ2n) is 4.86. The van der Waals surface area contributed by atoms with Gasteiger partial charge in [-0.15, -0.1) is 0 Å². The third-order valence-corrected chi connectivity index (χ3v) is 3.55. The molecule has 0 radical (unpaired) electrons. The molecule has 0 bridgehead atoms. The number of benzene rings is 1. The van der Waals surface area contributed by atoms with Crippen molar-refractivity contribution < 1.29 is 9.90 Å². The Hall–Kier alpha value is -1.03. The molecule has 0 aliphatic heterocycles. The molecule has 0 spiro atoms. The predicted molar refractivity (Wildman–Crippen MR) is 79.4 cm³/mol. The van der Waals surface area contributed by atoms with Crippen LogP contribution < -0.4 is 5.32 Å². The second kappa shape index (κ2) is 6.42. The topological polar surface area (TPSA) is 49.3 Å². The number of carbonyl (C=O) groups excluding carboxylic acids is 1. The van der Waals surface area contributed by atoms with Gasteiger partial charge in [0.1, 0.15) is 0 Å². The number of hydrogen-bond donors (Lipinski definition) is 2. The standard InChI is InChI=1S/C14H17Cl2NO2/c1-9(18)14(2,3)17-13(19)8-7-10-11(15)5-4-6-12(10)16/h4-9,18H,1-3H3,(H,17,19)/b8-7+. The van der Waals surface area contributed by atoms with Gasteiger partial charge in [0.25, 0.3) is 0 Å². The molecule has 1 unspecified atom stereocenters. The molecule has 0 saturated heterocycles. The van der Waals surface area contributed by atoms with Crippen molar-refractivity contribution in [2.24, 2.45) is 0 Å². The Balaban J connectivity index is 2.80. The van der Waals surface area contributed by atoms with E-state index in [0.29, 0.717) is 15.6 Å². The molecule has 1 aromatic rings. The molecule has 2 N–H and O–H groups in total. The van der Waals surface area contributed by atoms with E-state index in [0.717, 1.165) is 0 Å². The van der Waals surface area contributed by atoms with E-state index in [1.165, 1.54) is 6.08 Å². The van der Waals surface area contributed by atoms with E-state index in [9.17, 15) is 9.90 Å². The van der Waals surface area contributed by atoms with Gasteiger partial charge < -0.3 is 10.4 Å². The normalized spacial score (nSPS) is 13.6. The van der Waals surface area contributed by atoms with Crippen molar-refractivity contribution in [3.05, 3.63) is 39.9 Å². The van der Waals surface area contributed by atoms with Crippen LogP contribution in [0.4, 0.5) is 0 Å². The number of halogens is 2. The summed E-state index contributed by atoms with van der Waals surface area (Å²) in [4.78, 5) is 11.8. The number of amides is 1. The Kier molecular flexibility index (Phi) is 5.41. The molecule has 0 aromatic heterocycles. The number of rotatable bonds is 4. The molecule has 0 heterocycles. The Bertz CT molecular complexity index is 476. The van der Waals surface area contributed by atoms with Crippen LogP contribution in [0, 0.1) is 0 Å². The smallest absolute Gasteiger partial charge is 0.244 e. The zero-order chi connectivity index (χ0) is 14.6. The van der Waals surface area contributed by atoms with Crippen LogP contribution in [0.15, 0.2) is 24.3 Å². The third kappa shape index (κ3) is 4.53. The van der Waals surface area contributed by atoms with E-state index < -0.39 is 11.6 Å². The minimum Gasteiger partial charge on any atom is -0.391 e. The molecular weight excluding hydrogens is 285 g/mol.